The molecule has 1 heterocycles. The van der Waals surface area contributed by atoms with E-state index in [1.807, 2.05) is 13.0 Å². The maximum Gasteiger partial charge on any atom is 0.241 e. The number of aromatic nitrogens is 2. The van der Waals surface area contributed by atoms with E-state index < -0.39 is 16.1 Å². The summed E-state index contributed by atoms with van der Waals surface area (Å²) in [5.74, 6) is 0.563. The fraction of sp³-hybridized carbons (Fsp3) is 0.231. The van der Waals surface area contributed by atoms with Crippen LogP contribution in [0.15, 0.2) is 41.6 Å². The Labute approximate surface area is 117 Å². The minimum atomic E-state index is -3.69. The van der Waals surface area contributed by atoms with E-state index in [9.17, 15) is 8.42 Å². The normalized spacial score (nSPS) is 12.8. The molecule has 0 radical (unpaired) electrons. The van der Waals surface area contributed by atoms with Crippen LogP contribution in [0.2, 0.25) is 0 Å². The molecule has 0 aliphatic heterocycles. The highest BCUT2D eigenvalue weighted by Crippen LogP contribution is 2.17. The summed E-state index contributed by atoms with van der Waals surface area (Å²) in [4.78, 5) is 7.03. The molecule has 0 saturated heterocycles. The Balaban J connectivity index is 2.28. The van der Waals surface area contributed by atoms with Crippen LogP contribution < -0.4 is 4.72 Å². The van der Waals surface area contributed by atoms with Crippen LogP contribution in [0.4, 0.5) is 0 Å². The predicted molar refractivity (Wildman–Crippen MR) is 73.1 cm³/mol. The molecule has 2 N–H and O–H groups in total. The number of H-pyrrole nitrogens is 1. The minimum absolute atomic E-state index is 0.0709. The highest BCUT2D eigenvalue weighted by Gasteiger charge is 2.21. The molecule has 0 saturated carbocycles. The lowest BCUT2D eigenvalue weighted by Gasteiger charge is -2.15. The van der Waals surface area contributed by atoms with E-state index in [2.05, 4.69) is 14.7 Å². The molecule has 0 bridgehead atoms. The molecule has 1 aromatic heterocycles. The van der Waals surface area contributed by atoms with Crippen LogP contribution in [0.25, 0.3) is 0 Å². The largest absolute Gasteiger partial charge is 0.347 e. The van der Waals surface area contributed by atoms with Crippen LogP contribution in [0, 0.1) is 11.3 Å². The van der Waals surface area contributed by atoms with Gasteiger partial charge in [-0.05, 0) is 24.6 Å². The Hall–Kier alpha value is -2.17. The average molecular weight is 290 g/mol. The Morgan fingerprint density at radius 2 is 2.30 bits per heavy atom. The van der Waals surface area contributed by atoms with Crippen molar-refractivity contribution in [1.82, 2.24) is 14.7 Å². The molecule has 104 valence electrons. The van der Waals surface area contributed by atoms with E-state index in [1.165, 1.54) is 12.1 Å². The fourth-order valence-electron chi connectivity index (χ4n) is 1.79. The lowest BCUT2D eigenvalue weighted by molar-refractivity contribution is 0.539. The standard InChI is InChI=1S/C13H14N4O2S/c1-2-12(13-15-6-7-16-13)17-20(18,19)11-5-3-4-10(8-11)9-14/h3-8,12,17H,2H2,1H3,(H,15,16). The molecular formula is C13H14N4O2S. The van der Waals surface area contributed by atoms with Gasteiger partial charge in [-0.25, -0.2) is 18.1 Å². The molecule has 1 unspecified atom stereocenters. The number of nitrogens with one attached hydrogen (secondary N) is 2. The van der Waals surface area contributed by atoms with Crippen LogP contribution in [-0.2, 0) is 10.0 Å². The summed E-state index contributed by atoms with van der Waals surface area (Å²) in [6, 6.07) is 7.40. The van der Waals surface area contributed by atoms with E-state index in [0.717, 1.165) is 0 Å². The molecule has 0 aliphatic rings. The zero-order chi connectivity index (χ0) is 14.6. The van der Waals surface area contributed by atoms with E-state index in [0.29, 0.717) is 17.8 Å². The molecule has 2 rings (SSSR count). The second kappa shape index (κ2) is 5.86. The summed E-state index contributed by atoms with van der Waals surface area (Å²) < 4.78 is 27.2. The van der Waals surface area contributed by atoms with Gasteiger partial charge in [-0.1, -0.05) is 13.0 Å². The molecule has 1 atom stereocenters. The van der Waals surface area contributed by atoms with Crippen molar-refractivity contribution in [2.24, 2.45) is 0 Å². The van der Waals surface area contributed by atoms with Gasteiger partial charge >= 0.3 is 0 Å². The molecule has 1 aromatic carbocycles. The summed E-state index contributed by atoms with van der Waals surface area (Å²) in [6.07, 6.45) is 3.77. The number of hydrogen-bond acceptors (Lipinski definition) is 4. The Bertz CT molecular complexity index is 717. The smallest absolute Gasteiger partial charge is 0.241 e. The SMILES string of the molecule is CCC(NS(=O)(=O)c1cccc(C#N)c1)c1ncc[nH]1. The number of hydrogen-bond donors (Lipinski definition) is 2. The molecule has 0 aliphatic carbocycles. The first kappa shape index (κ1) is 14.2. The second-order valence-corrected chi connectivity index (χ2v) is 5.91. The van der Waals surface area contributed by atoms with Crippen molar-refractivity contribution in [3.05, 3.63) is 48.0 Å². The zero-order valence-electron chi connectivity index (χ0n) is 10.9. The van der Waals surface area contributed by atoms with Crippen molar-refractivity contribution in [3.63, 3.8) is 0 Å². The van der Waals surface area contributed by atoms with E-state index in [4.69, 9.17) is 5.26 Å². The van der Waals surface area contributed by atoms with Gasteiger partial charge in [0.1, 0.15) is 5.82 Å². The number of benzene rings is 1. The van der Waals surface area contributed by atoms with Crippen LogP contribution in [0.1, 0.15) is 30.8 Å². The monoisotopic (exact) mass is 290 g/mol. The van der Waals surface area contributed by atoms with Crippen molar-refractivity contribution in [3.8, 4) is 6.07 Å². The van der Waals surface area contributed by atoms with E-state index >= 15 is 0 Å². The summed E-state index contributed by atoms with van der Waals surface area (Å²) in [5.41, 5.74) is 0.305. The first-order valence-corrected chi connectivity index (χ1v) is 7.57. The lowest BCUT2D eigenvalue weighted by Crippen LogP contribution is -2.29. The van der Waals surface area contributed by atoms with Crippen molar-refractivity contribution in [2.45, 2.75) is 24.3 Å². The number of rotatable bonds is 5. The summed E-state index contributed by atoms with van der Waals surface area (Å²) >= 11 is 0. The fourth-order valence-corrected chi connectivity index (χ4v) is 3.12. The maximum atomic E-state index is 12.3. The van der Waals surface area contributed by atoms with Gasteiger partial charge in [0, 0.05) is 12.4 Å². The van der Waals surface area contributed by atoms with Gasteiger partial charge in [0.2, 0.25) is 10.0 Å². The third-order valence-corrected chi connectivity index (χ3v) is 4.30. The molecular weight excluding hydrogens is 276 g/mol. The third-order valence-electron chi connectivity index (χ3n) is 2.83. The van der Waals surface area contributed by atoms with E-state index in [1.54, 1.807) is 24.5 Å². The quantitative estimate of drug-likeness (QED) is 0.875. The number of nitrogens with zero attached hydrogens (tertiary/aromatic N) is 2. The Morgan fingerprint density at radius 3 is 2.90 bits per heavy atom. The highest BCUT2D eigenvalue weighted by molar-refractivity contribution is 7.89. The van der Waals surface area contributed by atoms with Crippen molar-refractivity contribution in [2.75, 3.05) is 0 Å². The van der Waals surface area contributed by atoms with Gasteiger partial charge < -0.3 is 4.98 Å². The van der Waals surface area contributed by atoms with Crippen molar-refractivity contribution in [1.29, 1.82) is 5.26 Å². The van der Waals surface area contributed by atoms with Gasteiger partial charge in [0.05, 0.1) is 22.6 Å². The van der Waals surface area contributed by atoms with Gasteiger partial charge in [0.15, 0.2) is 0 Å². The summed E-state index contributed by atoms with van der Waals surface area (Å²) in [5, 5.41) is 8.83. The van der Waals surface area contributed by atoms with Gasteiger partial charge in [0.25, 0.3) is 0 Å². The predicted octanol–water partition coefficient (Wildman–Crippen LogP) is 1.71. The Morgan fingerprint density at radius 1 is 1.50 bits per heavy atom. The van der Waals surface area contributed by atoms with Crippen LogP contribution in [0.5, 0.6) is 0 Å². The van der Waals surface area contributed by atoms with Gasteiger partial charge in [-0.3, -0.25) is 0 Å². The third kappa shape index (κ3) is 3.04. The number of sulfonamides is 1. The number of aromatic amines is 1. The van der Waals surface area contributed by atoms with Crippen LogP contribution in [-0.4, -0.2) is 18.4 Å². The maximum absolute atomic E-state index is 12.3. The molecule has 0 spiro atoms. The molecule has 7 heteroatoms. The van der Waals surface area contributed by atoms with Gasteiger partial charge in [-0.15, -0.1) is 0 Å². The molecule has 0 amide bonds. The molecule has 20 heavy (non-hydrogen) atoms. The Kier molecular flexibility index (Phi) is 4.17. The highest BCUT2D eigenvalue weighted by atomic mass is 32.2. The average Bonchev–Trinajstić information content (AvgIpc) is 2.99. The zero-order valence-corrected chi connectivity index (χ0v) is 11.7. The topological polar surface area (TPSA) is 98.6 Å². The van der Waals surface area contributed by atoms with Crippen LogP contribution >= 0.6 is 0 Å². The van der Waals surface area contributed by atoms with Gasteiger partial charge in [-0.2, -0.15) is 5.26 Å². The summed E-state index contributed by atoms with van der Waals surface area (Å²) in [7, 11) is -3.69. The van der Waals surface area contributed by atoms with Crippen molar-refractivity contribution < 1.29 is 8.42 Å². The second-order valence-electron chi connectivity index (χ2n) is 4.20. The van der Waals surface area contributed by atoms with Crippen LogP contribution in [0.3, 0.4) is 0 Å². The number of nitriles is 1. The minimum Gasteiger partial charge on any atom is -0.347 e. The summed E-state index contributed by atoms with van der Waals surface area (Å²) in [6.45, 7) is 1.86. The van der Waals surface area contributed by atoms with E-state index in [-0.39, 0.29) is 4.90 Å². The first-order chi connectivity index (χ1) is 9.56. The number of imidazole rings is 1. The first-order valence-electron chi connectivity index (χ1n) is 6.08. The van der Waals surface area contributed by atoms with Crippen molar-refractivity contribution >= 4 is 10.0 Å². The molecule has 0 fully saturated rings. The molecule has 2 aromatic rings. The molecule has 6 nitrogen and oxygen atoms in total. The lowest BCUT2D eigenvalue weighted by atomic mass is 10.2.